The topological polar surface area (TPSA) is 48.7 Å². The van der Waals surface area contributed by atoms with Gasteiger partial charge in [-0.05, 0) is 59.0 Å². The Morgan fingerprint density at radius 1 is 1.19 bits per heavy atom. The van der Waals surface area contributed by atoms with Crippen molar-refractivity contribution in [1.82, 2.24) is 4.98 Å². The molecule has 0 unspecified atom stereocenters. The van der Waals surface area contributed by atoms with Crippen molar-refractivity contribution in [1.29, 1.82) is 5.26 Å². The fraction of sp³-hybridized carbons (Fsp3) is 0. The molecule has 102 valence electrons. The normalized spacial score (nSPS) is 10.3. The maximum Gasteiger partial charge on any atom is 0.103 e. The predicted octanol–water partition coefficient (Wildman–Crippen LogP) is 5.11. The standard InChI is InChI=1S/C16H9ClIN3/c17-11-2-1-3-13(6-11)21-16-10(8-19)9-20-15-7-12(18)4-5-14(15)16/h1-7,9H,(H,20,21). The van der Waals surface area contributed by atoms with Crippen molar-refractivity contribution < 1.29 is 0 Å². The Bertz CT molecular complexity index is 871. The van der Waals surface area contributed by atoms with Gasteiger partial charge in [-0.25, -0.2) is 0 Å². The van der Waals surface area contributed by atoms with Crippen LogP contribution in [-0.4, -0.2) is 4.98 Å². The number of nitrogens with zero attached hydrogens (tertiary/aromatic N) is 2. The Morgan fingerprint density at radius 3 is 2.81 bits per heavy atom. The molecule has 0 aliphatic carbocycles. The van der Waals surface area contributed by atoms with Gasteiger partial charge in [-0.3, -0.25) is 4.98 Å². The fourth-order valence-corrected chi connectivity index (χ4v) is 2.76. The second-order valence-corrected chi connectivity index (χ2v) is 6.14. The molecule has 2 aromatic carbocycles. The summed E-state index contributed by atoms with van der Waals surface area (Å²) in [5.41, 5.74) is 2.94. The third kappa shape index (κ3) is 2.94. The molecule has 3 aromatic rings. The smallest absolute Gasteiger partial charge is 0.103 e. The second-order valence-electron chi connectivity index (χ2n) is 4.46. The lowest BCUT2D eigenvalue weighted by Gasteiger charge is -2.11. The van der Waals surface area contributed by atoms with Gasteiger partial charge in [0, 0.05) is 25.9 Å². The summed E-state index contributed by atoms with van der Waals surface area (Å²) < 4.78 is 1.10. The van der Waals surface area contributed by atoms with Gasteiger partial charge in [0.2, 0.25) is 0 Å². The highest BCUT2D eigenvalue weighted by Gasteiger charge is 2.09. The molecule has 0 radical (unpaired) electrons. The number of hydrogen-bond acceptors (Lipinski definition) is 3. The minimum atomic E-state index is 0.503. The van der Waals surface area contributed by atoms with Crippen LogP contribution in [0, 0.1) is 14.9 Å². The predicted molar refractivity (Wildman–Crippen MR) is 93.9 cm³/mol. The van der Waals surface area contributed by atoms with Gasteiger partial charge in [-0.1, -0.05) is 17.7 Å². The van der Waals surface area contributed by atoms with E-state index in [1.165, 1.54) is 0 Å². The number of rotatable bonds is 2. The van der Waals surface area contributed by atoms with E-state index in [0.29, 0.717) is 10.6 Å². The number of anilines is 2. The highest BCUT2D eigenvalue weighted by molar-refractivity contribution is 14.1. The lowest BCUT2D eigenvalue weighted by Crippen LogP contribution is -1.97. The van der Waals surface area contributed by atoms with E-state index in [9.17, 15) is 5.26 Å². The Balaban J connectivity index is 2.18. The van der Waals surface area contributed by atoms with E-state index in [0.717, 1.165) is 25.8 Å². The summed E-state index contributed by atoms with van der Waals surface area (Å²) >= 11 is 8.25. The van der Waals surface area contributed by atoms with Crippen LogP contribution in [0.15, 0.2) is 48.7 Å². The number of benzene rings is 2. The number of hydrogen-bond donors (Lipinski definition) is 1. The van der Waals surface area contributed by atoms with E-state index in [1.807, 2.05) is 42.5 Å². The number of nitriles is 1. The van der Waals surface area contributed by atoms with Crippen molar-refractivity contribution in [2.24, 2.45) is 0 Å². The molecule has 1 heterocycles. The van der Waals surface area contributed by atoms with Crippen molar-refractivity contribution in [3.8, 4) is 6.07 Å². The summed E-state index contributed by atoms with van der Waals surface area (Å²) in [4.78, 5) is 4.34. The summed E-state index contributed by atoms with van der Waals surface area (Å²) in [6.45, 7) is 0. The van der Waals surface area contributed by atoms with E-state index >= 15 is 0 Å². The van der Waals surface area contributed by atoms with Gasteiger partial charge in [0.25, 0.3) is 0 Å². The molecule has 0 aliphatic rings. The summed E-state index contributed by atoms with van der Waals surface area (Å²) in [7, 11) is 0. The van der Waals surface area contributed by atoms with Crippen LogP contribution in [0.5, 0.6) is 0 Å². The minimum absolute atomic E-state index is 0.503. The van der Waals surface area contributed by atoms with Crippen molar-refractivity contribution in [3.05, 3.63) is 62.8 Å². The minimum Gasteiger partial charge on any atom is -0.354 e. The van der Waals surface area contributed by atoms with Crippen molar-refractivity contribution in [2.75, 3.05) is 5.32 Å². The van der Waals surface area contributed by atoms with Crippen molar-refractivity contribution >= 4 is 56.5 Å². The van der Waals surface area contributed by atoms with Crippen LogP contribution in [0.4, 0.5) is 11.4 Å². The van der Waals surface area contributed by atoms with Crippen LogP contribution >= 0.6 is 34.2 Å². The molecule has 1 N–H and O–H groups in total. The third-order valence-electron chi connectivity index (χ3n) is 3.05. The molecule has 0 saturated heterocycles. The first-order valence-corrected chi connectivity index (χ1v) is 7.64. The van der Waals surface area contributed by atoms with Crippen molar-refractivity contribution in [3.63, 3.8) is 0 Å². The first-order valence-electron chi connectivity index (χ1n) is 6.18. The highest BCUT2D eigenvalue weighted by atomic mass is 127. The summed E-state index contributed by atoms with van der Waals surface area (Å²) in [6, 6.07) is 15.5. The molecule has 3 nitrogen and oxygen atoms in total. The van der Waals surface area contributed by atoms with Crippen LogP contribution in [0.1, 0.15) is 5.56 Å². The Hall–Kier alpha value is -1.84. The van der Waals surface area contributed by atoms with E-state index < -0.39 is 0 Å². The van der Waals surface area contributed by atoms with Crippen molar-refractivity contribution in [2.45, 2.75) is 0 Å². The monoisotopic (exact) mass is 405 g/mol. The van der Waals surface area contributed by atoms with Gasteiger partial charge in [-0.15, -0.1) is 0 Å². The van der Waals surface area contributed by atoms with Crippen LogP contribution in [0.25, 0.3) is 10.9 Å². The molecule has 21 heavy (non-hydrogen) atoms. The zero-order valence-corrected chi connectivity index (χ0v) is 13.7. The molecule has 0 saturated carbocycles. The number of aromatic nitrogens is 1. The van der Waals surface area contributed by atoms with Gasteiger partial charge in [-0.2, -0.15) is 5.26 Å². The van der Waals surface area contributed by atoms with Gasteiger partial charge in [0.05, 0.1) is 16.8 Å². The SMILES string of the molecule is N#Cc1cnc2cc(I)ccc2c1Nc1cccc(Cl)c1. The molecule has 0 aliphatic heterocycles. The molecule has 0 bridgehead atoms. The van der Waals surface area contributed by atoms with Gasteiger partial charge >= 0.3 is 0 Å². The van der Waals surface area contributed by atoms with E-state index in [1.54, 1.807) is 6.20 Å². The van der Waals surface area contributed by atoms with E-state index in [4.69, 9.17) is 11.6 Å². The number of fused-ring (bicyclic) bond motifs is 1. The molecule has 0 atom stereocenters. The molecule has 0 fully saturated rings. The zero-order chi connectivity index (χ0) is 14.8. The van der Waals surface area contributed by atoms with Crippen LogP contribution in [-0.2, 0) is 0 Å². The Morgan fingerprint density at radius 2 is 2.05 bits per heavy atom. The molecular formula is C16H9ClIN3. The average Bonchev–Trinajstić information content (AvgIpc) is 2.47. The molecule has 3 rings (SSSR count). The number of halogens is 2. The van der Waals surface area contributed by atoms with Gasteiger partial charge in [0.1, 0.15) is 6.07 Å². The lowest BCUT2D eigenvalue weighted by molar-refractivity contribution is 1.36. The van der Waals surface area contributed by atoms with Gasteiger partial charge < -0.3 is 5.32 Å². The molecule has 1 aromatic heterocycles. The number of nitrogens with one attached hydrogen (secondary N) is 1. The van der Waals surface area contributed by atoms with Crippen LogP contribution in [0.2, 0.25) is 5.02 Å². The zero-order valence-electron chi connectivity index (χ0n) is 10.8. The van der Waals surface area contributed by atoms with E-state index in [-0.39, 0.29) is 0 Å². The first-order chi connectivity index (χ1) is 10.2. The maximum atomic E-state index is 9.31. The quantitative estimate of drug-likeness (QED) is 0.603. The third-order valence-corrected chi connectivity index (χ3v) is 3.95. The number of pyridine rings is 1. The molecule has 5 heteroatoms. The van der Waals surface area contributed by atoms with Crippen LogP contribution < -0.4 is 5.32 Å². The Labute approximate surface area is 140 Å². The fourth-order valence-electron chi connectivity index (χ4n) is 2.10. The maximum absolute atomic E-state index is 9.31. The average molecular weight is 406 g/mol. The summed E-state index contributed by atoms with van der Waals surface area (Å²) in [5.74, 6) is 0. The molecule has 0 spiro atoms. The Kier molecular flexibility index (Phi) is 3.95. The van der Waals surface area contributed by atoms with E-state index in [2.05, 4.69) is 39.0 Å². The lowest BCUT2D eigenvalue weighted by atomic mass is 10.1. The molecular weight excluding hydrogens is 397 g/mol. The highest BCUT2D eigenvalue weighted by Crippen LogP contribution is 2.30. The summed E-state index contributed by atoms with van der Waals surface area (Å²) in [5, 5.41) is 14.1. The summed E-state index contributed by atoms with van der Waals surface area (Å²) in [6.07, 6.45) is 1.59. The second kappa shape index (κ2) is 5.88. The molecule has 0 amide bonds. The first kappa shape index (κ1) is 14.1. The largest absolute Gasteiger partial charge is 0.354 e. The van der Waals surface area contributed by atoms with Crippen LogP contribution in [0.3, 0.4) is 0 Å². The van der Waals surface area contributed by atoms with Gasteiger partial charge in [0.15, 0.2) is 0 Å².